The zero-order valence-corrected chi connectivity index (χ0v) is 49.3. The minimum Gasteiger partial charge on any atom is -0.481 e. The highest BCUT2D eigenvalue weighted by atomic mass is 19.1. The Bertz CT molecular complexity index is 3020. The van der Waals surface area contributed by atoms with Gasteiger partial charge in [-0.25, -0.2) is 31.5 Å². The molecule has 0 saturated heterocycles. The summed E-state index contributed by atoms with van der Waals surface area (Å²) >= 11 is 0. The summed E-state index contributed by atoms with van der Waals surface area (Å²) in [5.74, 6) is -7.12. The molecule has 7 aromatic rings. The summed E-state index contributed by atoms with van der Waals surface area (Å²) in [6.07, 6.45) is -0.772. The molecular weight excluding hydrogens is 1110 g/mol. The lowest BCUT2D eigenvalue weighted by Crippen LogP contribution is -2.30. The van der Waals surface area contributed by atoms with Gasteiger partial charge in [-0.1, -0.05) is 159 Å². The van der Waals surface area contributed by atoms with Crippen molar-refractivity contribution in [1.29, 1.82) is 0 Å². The number of carbonyl (C=O) groups is 5. The highest BCUT2D eigenvalue weighted by Gasteiger charge is 2.31. The third-order valence-electron chi connectivity index (χ3n) is 12.6. The second kappa shape index (κ2) is 37.7. The lowest BCUT2D eigenvalue weighted by atomic mass is 10.0. The first kappa shape index (κ1) is 75.5. The number of carboxylic acids is 3. The summed E-state index contributed by atoms with van der Waals surface area (Å²) in [6.45, 7) is 5.07. The third-order valence-corrected chi connectivity index (χ3v) is 12.6. The molecule has 20 heteroatoms. The van der Waals surface area contributed by atoms with Crippen LogP contribution in [-0.4, -0.2) is 130 Å². The number of benzene rings is 7. The van der Waals surface area contributed by atoms with Gasteiger partial charge in [0.2, 0.25) is 0 Å². The summed E-state index contributed by atoms with van der Waals surface area (Å²) in [5, 5.41) is 26.4. The van der Waals surface area contributed by atoms with Gasteiger partial charge in [-0.3, -0.25) is 34.0 Å². The average Bonchev–Trinajstić information content (AvgIpc) is 2.08. The molecule has 7 rings (SSSR count). The molecule has 7 aromatic carbocycles. The van der Waals surface area contributed by atoms with E-state index in [4.69, 9.17) is 24.8 Å². The zero-order chi connectivity index (χ0) is 62.8. The maximum absolute atomic E-state index is 14.0. The normalized spacial score (nSPS) is 12.9. The summed E-state index contributed by atoms with van der Waals surface area (Å²) in [6, 6.07) is 45.7. The number of halogens is 5. The molecule has 0 fully saturated rings. The van der Waals surface area contributed by atoms with Crippen LogP contribution in [0.1, 0.15) is 109 Å². The quantitative estimate of drug-likeness (QED) is 0.0420. The molecule has 14 nitrogen and oxygen atoms in total. The van der Waals surface area contributed by atoms with Crippen molar-refractivity contribution < 1.29 is 70.7 Å². The van der Waals surface area contributed by atoms with Crippen molar-refractivity contribution in [3.05, 3.63) is 250 Å². The summed E-state index contributed by atoms with van der Waals surface area (Å²) in [4.78, 5) is 63.5. The molecule has 0 aromatic heterocycles. The highest BCUT2D eigenvalue weighted by Crippen LogP contribution is 2.29. The van der Waals surface area contributed by atoms with Gasteiger partial charge >= 0.3 is 29.8 Å². The first-order valence-electron chi connectivity index (χ1n) is 26.3. The molecule has 3 N–H and O–H groups in total. The van der Waals surface area contributed by atoms with Gasteiger partial charge in [0, 0.05) is 36.2 Å². The molecule has 3 radical (unpaired) electrons. The van der Waals surface area contributed by atoms with E-state index in [1.807, 2.05) is 60.7 Å². The largest absolute Gasteiger partial charge is 0.481 e. The number of likely N-dealkylation sites (N-methyl/N-ethyl adjacent to an activating group) is 4. The Kier molecular flexibility index (Phi) is 33.1. The fourth-order valence-electron chi connectivity index (χ4n) is 8.30. The second-order valence-corrected chi connectivity index (χ2v) is 19.8. The molecule has 1 unspecified atom stereocenters. The number of hydrogen-bond donors (Lipinski definition) is 3. The van der Waals surface area contributed by atoms with E-state index in [0.717, 1.165) is 11.1 Å². The van der Waals surface area contributed by atoms with Crippen LogP contribution in [0.3, 0.4) is 0 Å². The molecule has 0 aliphatic heterocycles. The summed E-state index contributed by atoms with van der Waals surface area (Å²) in [5.41, 5.74) is 3.04. The Morgan fingerprint density at radius 2 is 0.547 bits per heavy atom. The van der Waals surface area contributed by atoms with Crippen LogP contribution in [-0.2, 0) is 33.4 Å². The minimum atomic E-state index is -1.06. The number of rotatable bonds is 18. The first-order valence-corrected chi connectivity index (χ1v) is 26.3. The summed E-state index contributed by atoms with van der Waals surface area (Å²) in [7, 11) is 13.3. The van der Waals surface area contributed by atoms with E-state index in [1.165, 1.54) is 83.5 Å². The molecular formula is C66H77BF5N4O10. The first-order chi connectivity index (χ1) is 39.7. The van der Waals surface area contributed by atoms with E-state index in [-0.39, 0.29) is 44.7 Å². The van der Waals surface area contributed by atoms with Crippen molar-refractivity contribution in [2.45, 2.75) is 70.5 Å². The van der Waals surface area contributed by atoms with Crippen molar-refractivity contribution in [1.82, 2.24) is 19.6 Å². The van der Waals surface area contributed by atoms with E-state index >= 15 is 0 Å². The van der Waals surface area contributed by atoms with Crippen molar-refractivity contribution in [3.8, 4) is 0 Å². The topological polar surface area (TPSA) is 177 Å². The number of nitrogens with zero attached hydrogens (tertiary/aromatic N) is 4. The van der Waals surface area contributed by atoms with Gasteiger partial charge < -0.3 is 24.8 Å². The minimum absolute atomic E-state index is 0. The van der Waals surface area contributed by atoms with E-state index < -0.39 is 89.0 Å². The molecule has 0 heterocycles. The number of carbonyl (C=O) groups excluding carboxylic acids is 2. The Morgan fingerprint density at radius 3 is 0.756 bits per heavy atom. The van der Waals surface area contributed by atoms with Crippen LogP contribution in [0.2, 0.25) is 0 Å². The van der Waals surface area contributed by atoms with Gasteiger partial charge in [-0.05, 0) is 119 Å². The standard InChI is InChI=1S/2C18H20FNO2.2C10H12FNO2.C9H9FO2.CH4.B/c2*1-13(14-9-5-4-6-10-14)22-18(21)17(20(2)3)15-11-7-8-12-16(15)19;2*1-12(2)9(10(13)14)7-5-3-4-6-8(7)11;1-6(9(11)12)7-4-2-3-5-8(7)10;;/h2*4-13,17H,1-3H3;2*3-6,9H,1-2H3,(H,13,14);2-6H,1H3,(H,11,12);1H4;/t13-,17+;13-,17-;2*9-;;;/m0010.../s1. The smallest absolute Gasteiger partial charge is 0.328 e. The summed E-state index contributed by atoms with van der Waals surface area (Å²) < 4.78 is 78.5. The van der Waals surface area contributed by atoms with Crippen LogP contribution in [0.25, 0.3) is 0 Å². The molecule has 459 valence electrons. The molecule has 7 atom stereocenters. The number of hydrogen-bond acceptors (Lipinski definition) is 11. The number of ether oxygens (including phenoxy) is 2. The zero-order valence-electron chi connectivity index (χ0n) is 49.3. The van der Waals surface area contributed by atoms with Gasteiger partial charge in [0.1, 0.15) is 65.5 Å². The fourth-order valence-corrected chi connectivity index (χ4v) is 8.30. The fraction of sp³-hybridized carbons (Fsp3) is 0.288. The van der Waals surface area contributed by atoms with Gasteiger partial charge in [-0.15, -0.1) is 0 Å². The van der Waals surface area contributed by atoms with E-state index in [9.17, 15) is 45.9 Å². The number of carboxylic acid groups (broad SMARTS) is 3. The van der Waals surface area contributed by atoms with Crippen LogP contribution < -0.4 is 0 Å². The maximum atomic E-state index is 14.0. The molecule has 0 bridgehead atoms. The van der Waals surface area contributed by atoms with Gasteiger partial charge in [0.15, 0.2) is 0 Å². The van der Waals surface area contributed by atoms with Crippen LogP contribution in [0.5, 0.6) is 0 Å². The Balaban J connectivity index is 0.000000546. The number of esters is 2. The number of aliphatic carboxylic acids is 3. The Morgan fingerprint density at radius 1 is 0.337 bits per heavy atom. The van der Waals surface area contributed by atoms with Gasteiger partial charge in [0.05, 0.1) is 5.92 Å². The van der Waals surface area contributed by atoms with Crippen molar-refractivity contribution in [2.24, 2.45) is 0 Å². The average molecular weight is 1190 g/mol. The lowest BCUT2D eigenvalue weighted by Gasteiger charge is -2.25. The molecule has 0 amide bonds. The SMILES string of the molecule is C.CC(C(=O)O)c1ccccc1F.CN(C)[C@@H](C(=O)O)c1ccccc1F.CN(C)[C@H](C(=O)O)c1ccccc1F.C[C@H](OC(=O)[C@@H](c1ccccc1F)N(C)C)c1ccccc1.C[C@H](OC(=O)[C@H](c1ccccc1F)N(C)C)c1ccccc1.[B]. The van der Waals surface area contributed by atoms with Crippen LogP contribution in [0.4, 0.5) is 22.0 Å². The predicted octanol–water partition coefficient (Wildman–Crippen LogP) is 12.8. The van der Waals surface area contributed by atoms with E-state index in [0.29, 0.717) is 11.1 Å². The second-order valence-electron chi connectivity index (χ2n) is 19.8. The van der Waals surface area contributed by atoms with E-state index in [2.05, 4.69) is 0 Å². The van der Waals surface area contributed by atoms with Crippen LogP contribution >= 0.6 is 0 Å². The van der Waals surface area contributed by atoms with Crippen molar-refractivity contribution in [2.75, 3.05) is 56.4 Å². The van der Waals surface area contributed by atoms with Crippen LogP contribution in [0.15, 0.2) is 182 Å². The molecule has 86 heavy (non-hydrogen) atoms. The Labute approximate surface area is 503 Å². The third kappa shape index (κ3) is 23.1. The molecule has 0 saturated carbocycles. The van der Waals surface area contributed by atoms with Crippen LogP contribution in [0, 0.1) is 29.1 Å². The Hall–Kier alpha value is -8.56. The monoisotopic (exact) mass is 1190 g/mol. The molecule has 0 aliphatic rings. The van der Waals surface area contributed by atoms with Gasteiger partial charge in [-0.2, -0.15) is 0 Å². The predicted molar refractivity (Wildman–Crippen MR) is 323 cm³/mol. The lowest BCUT2D eigenvalue weighted by molar-refractivity contribution is -0.155. The molecule has 0 spiro atoms. The van der Waals surface area contributed by atoms with E-state index in [1.54, 1.807) is 135 Å². The van der Waals surface area contributed by atoms with Gasteiger partial charge in [0.25, 0.3) is 0 Å². The van der Waals surface area contributed by atoms with Crippen molar-refractivity contribution in [3.63, 3.8) is 0 Å². The molecule has 0 aliphatic carbocycles. The van der Waals surface area contributed by atoms with Crippen molar-refractivity contribution >= 4 is 38.3 Å². The highest BCUT2D eigenvalue weighted by molar-refractivity contribution is 5.79. The maximum Gasteiger partial charge on any atom is 0.328 e.